The minimum absolute atomic E-state index is 0.0149. The first kappa shape index (κ1) is 19.0. The highest BCUT2D eigenvalue weighted by Gasteiger charge is 2.46. The fourth-order valence-electron chi connectivity index (χ4n) is 3.70. The number of carbonyl (C=O) groups excluding carboxylic acids is 3. The monoisotopic (exact) mass is 375 g/mol. The average molecular weight is 375 g/mol. The van der Waals surface area contributed by atoms with Crippen molar-refractivity contribution in [1.29, 1.82) is 0 Å². The molecule has 0 aromatic heterocycles. The van der Waals surface area contributed by atoms with Gasteiger partial charge in [0.1, 0.15) is 5.69 Å². The van der Waals surface area contributed by atoms with Crippen molar-refractivity contribution in [2.24, 2.45) is 5.92 Å². The highest BCUT2D eigenvalue weighted by Crippen LogP contribution is 2.34. The number of nitrogens with zero attached hydrogens (tertiary/aromatic N) is 3. The summed E-state index contributed by atoms with van der Waals surface area (Å²) in [5.41, 5.74) is -0.304. The maximum Gasteiger partial charge on any atom is 0.310 e. The van der Waals surface area contributed by atoms with Gasteiger partial charge in [-0.2, -0.15) is 0 Å². The fourth-order valence-corrected chi connectivity index (χ4v) is 3.70. The Labute approximate surface area is 156 Å². The van der Waals surface area contributed by atoms with E-state index >= 15 is 0 Å². The molecule has 2 heterocycles. The van der Waals surface area contributed by atoms with Crippen LogP contribution < -0.4 is 4.90 Å². The summed E-state index contributed by atoms with van der Waals surface area (Å²) in [5, 5.41) is 11.2. The molecular weight excluding hydrogens is 354 g/mol. The molecule has 2 aliphatic rings. The predicted molar refractivity (Wildman–Crippen MR) is 94.9 cm³/mol. The van der Waals surface area contributed by atoms with Gasteiger partial charge in [0.15, 0.2) is 0 Å². The number of para-hydroxylation sites is 2. The van der Waals surface area contributed by atoms with Crippen molar-refractivity contribution in [2.75, 3.05) is 24.6 Å². The lowest BCUT2D eigenvalue weighted by molar-refractivity contribution is -0.384. The third-order valence-electron chi connectivity index (χ3n) is 4.96. The second-order valence-corrected chi connectivity index (χ2v) is 6.62. The molecule has 1 aromatic carbocycles. The molecule has 9 heteroatoms. The second kappa shape index (κ2) is 7.83. The van der Waals surface area contributed by atoms with Crippen molar-refractivity contribution in [1.82, 2.24) is 4.90 Å². The summed E-state index contributed by atoms with van der Waals surface area (Å²) < 4.78 is 5.07. The minimum Gasteiger partial charge on any atom is -0.466 e. The van der Waals surface area contributed by atoms with Crippen molar-refractivity contribution in [3.63, 3.8) is 0 Å². The van der Waals surface area contributed by atoms with E-state index in [4.69, 9.17) is 4.74 Å². The number of ether oxygens (including phenoxy) is 1. The summed E-state index contributed by atoms with van der Waals surface area (Å²) in [7, 11) is 0. The Morgan fingerprint density at radius 1 is 1.33 bits per heavy atom. The molecule has 0 bridgehead atoms. The number of rotatable bonds is 5. The molecule has 1 aromatic rings. The molecule has 0 aliphatic carbocycles. The number of nitro groups is 1. The van der Waals surface area contributed by atoms with Crippen LogP contribution >= 0.6 is 0 Å². The zero-order chi connectivity index (χ0) is 19.6. The summed E-state index contributed by atoms with van der Waals surface area (Å²) in [4.78, 5) is 50.8. The molecule has 2 fully saturated rings. The fraction of sp³-hybridized carbons (Fsp3) is 0.500. The summed E-state index contributed by atoms with van der Waals surface area (Å²) >= 11 is 0. The normalized spacial score (nSPS) is 23.5. The molecule has 27 heavy (non-hydrogen) atoms. The summed E-state index contributed by atoms with van der Waals surface area (Å²) in [6.45, 7) is 2.96. The molecule has 0 saturated carbocycles. The standard InChI is InChI=1S/C18H21N3O6/c1-2-27-18(24)12-6-5-9-19(11-12)15-10-16(22)20(17(15)23)13-7-3-4-8-14(13)21(25)26/h3-4,7-8,12,15H,2,5-6,9-11H2,1H3/t12-,15+/m1/s1. The van der Waals surface area contributed by atoms with Crippen molar-refractivity contribution in [2.45, 2.75) is 32.2 Å². The quantitative estimate of drug-likeness (QED) is 0.332. The molecule has 2 amide bonds. The highest BCUT2D eigenvalue weighted by atomic mass is 16.6. The number of benzene rings is 1. The van der Waals surface area contributed by atoms with Crippen LogP contribution in [0.4, 0.5) is 11.4 Å². The van der Waals surface area contributed by atoms with Crippen LogP contribution in [-0.4, -0.2) is 53.3 Å². The second-order valence-electron chi connectivity index (χ2n) is 6.62. The molecule has 0 unspecified atom stereocenters. The number of carbonyl (C=O) groups is 3. The van der Waals surface area contributed by atoms with Gasteiger partial charge < -0.3 is 4.74 Å². The number of amides is 2. The van der Waals surface area contributed by atoms with Gasteiger partial charge in [-0.25, -0.2) is 4.90 Å². The molecule has 0 spiro atoms. The van der Waals surface area contributed by atoms with E-state index in [0.29, 0.717) is 32.5 Å². The van der Waals surface area contributed by atoms with Crippen molar-refractivity contribution in [3.8, 4) is 0 Å². The zero-order valence-corrected chi connectivity index (χ0v) is 15.0. The summed E-state index contributed by atoms with van der Waals surface area (Å²) in [6.07, 6.45) is 1.34. The molecule has 9 nitrogen and oxygen atoms in total. The Morgan fingerprint density at radius 2 is 2.07 bits per heavy atom. The smallest absolute Gasteiger partial charge is 0.310 e. The van der Waals surface area contributed by atoms with Crippen LogP contribution in [0.2, 0.25) is 0 Å². The number of piperidine rings is 1. The average Bonchev–Trinajstić information content (AvgIpc) is 2.96. The Morgan fingerprint density at radius 3 is 2.78 bits per heavy atom. The molecule has 144 valence electrons. The number of anilines is 1. The maximum absolute atomic E-state index is 12.9. The number of likely N-dealkylation sites (tertiary alicyclic amines) is 1. The molecule has 3 rings (SSSR count). The number of hydrogen-bond acceptors (Lipinski definition) is 7. The number of nitro benzene ring substituents is 1. The Bertz CT molecular complexity index is 780. The van der Waals surface area contributed by atoms with Crippen molar-refractivity contribution >= 4 is 29.2 Å². The first-order chi connectivity index (χ1) is 12.9. The van der Waals surface area contributed by atoms with Gasteiger partial charge in [-0.1, -0.05) is 12.1 Å². The van der Waals surface area contributed by atoms with Gasteiger partial charge in [0.25, 0.3) is 11.6 Å². The van der Waals surface area contributed by atoms with Crippen LogP contribution in [0.25, 0.3) is 0 Å². The third kappa shape index (κ3) is 3.68. The number of hydrogen-bond donors (Lipinski definition) is 0. The van der Waals surface area contributed by atoms with Crippen LogP contribution in [0.1, 0.15) is 26.2 Å². The van der Waals surface area contributed by atoms with E-state index in [9.17, 15) is 24.5 Å². The molecule has 2 atom stereocenters. The molecular formula is C18H21N3O6. The van der Waals surface area contributed by atoms with Gasteiger partial charge in [0.2, 0.25) is 5.91 Å². The molecule has 2 aliphatic heterocycles. The zero-order valence-electron chi connectivity index (χ0n) is 15.0. The Hall–Kier alpha value is -2.81. The van der Waals surface area contributed by atoms with E-state index in [1.165, 1.54) is 18.2 Å². The summed E-state index contributed by atoms with van der Waals surface area (Å²) in [6, 6.07) is 4.98. The lowest BCUT2D eigenvalue weighted by atomic mass is 9.96. The largest absolute Gasteiger partial charge is 0.466 e. The van der Waals surface area contributed by atoms with E-state index < -0.39 is 22.8 Å². The minimum atomic E-state index is -0.713. The van der Waals surface area contributed by atoms with Gasteiger partial charge in [-0.3, -0.25) is 29.4 Å². The first-order valence-electron chi connectivity index (χ1n) is 8.95. The van der Waals surface area contributed by atoms with Crippen molar-refractivity contribution in [3.05, 3.63) is 34.4 Å². The van der Waals surface area contributed by atoms with Crippen LogP contribution in [0.15, 0.2) is 24.3 Å². The predicted octanol–water partition coefficient (Wildman–Crippen LogP) is 1.50. The third-order valence-corrected chi connectivity index (χ3v) is 4.96. The highest BCUT2D eigenvalue weighted by molar-refractivity contribution is 6.23. The van der Waals surface area contributed by atoms with Gasteiger partial charge in [0.05, 0.1) is 29.9 Å². The van der Waals surface area contributed by atoms with E-state index in [1.54, 1.807) is 13.0 Å². The van der Waals surface area contributed by atoms with Crippen LogP contribution in [0.3, 0.4) is 0 Å². The van der Waals surface area contributed by atoms with Gasteiger partial charge in [-0.15, -0.1) is 0 Å². The Balaban J connectivity index is 1.80. The number of esters is 1. The molecule has 0 N–H and O–H groups in total. The Kier molecular flexibility index (Phi) is 5.50. The van der Waals surface area contributed by atoms with Crippen molar-refractivity contribution < 1.29 is 24.0 Å². The van der Waals surface area contributed by atoms with Gasteiger partial charge in [0, 0.05) is 12.6 Å². The van der Waals surface area contributed by atoms with Crippen LogP contribution in [0.5, 0.6) is 0 Å². The summed E-state index contributed by atoms with van der Waals surface area (Å²) in [5.74, 6) is -1.59. The topological polar surface area (TPSA) is 110 Å². The van der Waals surface area contributed by atoms with Crippen LogP contribution in [-0.2, 0) is 19.1 Å². The van der Waals surface area contributed by atoms with E-state index in [2.05, 4.69) is 0 Å². The molecule has 2 saturated heterocycles. The SMILES string of the molecule is CCOC(=O)[C@@H]1CCCN([C@H]2CC(=O)N(c3ccccc3[N+](=O)[O-])C2=O)C1. The lowest BCUT2D eigenvalue weighted by Crippen LogP contribution is -2.48. The molecule has 0 radical (unpaired) electrons. The van der Waals surface area contributed by atoms with Gasteiger partial charge >= 0.3 is 5.97 Å². The van der Waals surface area contributed by atoms with Gasteiger partial charge in [-0.05, 0) is 32.4 Å². The van der Waals surface area contributed by atoms with E-state index in [0.717, 1.165) is 4.90 Å². The first-order valence-corrected chi connectivity index (χ1v) is 8.95. The maximum atomic E-state index is 12.9. The lowest BCUT2D eigenvalue weighted by Gasteiger charge is -2.34. The van der Waals surface area contributed by atoms with Crippen LogP contribution in [0, 0.1) is 16.0 Å². The van der Waals surface area contributed by atoms with E-state index in [-0.39, 0.29) is 29.7 Å². The van der Waals surface area contributed by atoms with E-state index in [1.807, 2.05) is 4.90 Å². The number of imide groups is 1.